The number of carbonyl (C=O) groups is 1. The van der Waals surface area contributed by atoms with E-state index in [1.807, 2.05) is 32.0 Å². The number of nitrogens with zero attached hydrogens (tertiary/aromatic N) is 2. The van der Waals surface area contributed by atoms with Crippen molar-refractivity contribution < 1.29 is 13.6 Å². The van der Waals surface area contributed by atoms with Crippen LogP contribution in [0.3, 0.4) is 0 Å². The number of hydrogen-bond acceptors (Lipinski definition) is 6. The molecule has 0 unspecified atom stereocenters. The fraction of sp³-hybridized carbons (Fsp3) is 0.188. The van der Waals surface area contributed by atoms with E-state index in [0.717, 1.165) is 21.3 Å². The molecule has 2 heterocycles. The molecule has 0 saturated heterocycles. The summed E-state index contributed by atoms with van der Waals surface area (Å²) in [4.78, 5) is 12.1. The minimum Gasteiger partial charge on any atom is -0.469 e. The number of nitrogens with one attached hydrogen (secondary N) is 1. The van der Waals surface area contributed by atoms with Gasteiger partial charge in [0.05, 0.1) is 17.6 Å². The minimum atomic E-state index is -0.135. The van der Waals surface area contributed by atoms with Crippen LogP contribution in [0, 0.1) is 13.8 Å². The molecule has 6 nitrogen and oxygen atoms in total. The predicted octanol–water partition coefficient (Wildman–Crippen LogP) is 4.44. The van der Waals surface area contributed by atoms with Crippen LogP contribution in [0.25, 0.3) is 11.5 Å². The van der Waals surface area contributed by atoms with Gasteiger partial charge >= 0.3 is 0 Å². The Balaban J connectivity index is 1.59. The predicted molar refractivity (Wildman–Crippen MR) is 95.0 cm³/mol. The summed E-state index contributed by atoms with van der Waals surface area (Å²) in [6.45, 7) is 3.76. The van der Waals surface area contributed by atoms with Crippen LogP contribution in [-0.2, 0) is 4.79 Å². The Morgan fingerprint density at radius 3 is 2.83 bits per heavy atom. The Labute approximate surface area is 151 Å². The standard InChI is InChI=1S/C16H14BrN3O3S/c1-9-7-11(17)3-4-13(9)18-14(21)8-24-16-20-19-15(23-16)12-5-6-22-10(12)2/h3-7H,8H2,1-2H3,(H,18,21). The molecule has 0 aliphatic carbocycles. The second-order valence-corrected chi connectivity index (χ2v) is 6.90. The largest absolute Gasteiger partial charge is 0.469 e. The lowest BCUT2D eigenvalue weighted by molar-refractivity contribution is -0.113. The van der Waals surface area contributed by atoms with Crippen LogP contribution in [0.15, 0.2) is 49.1 Å². The monoisotopic (exact) mass is 407 g/mol. The van der Waals surface area contributed by atoms with E-state index in [1.54, 1.807) is 12.3 Å². The number of amides is 1. The number of thioether (sulfide) groups is 1. The summed E-state index contributed by atoms with van der Waals surface area (Å²) in [6.07, 6.45) is 1.57. The summed E-state index contributed by atoms with van der Waals surface area (Å²) in [7, 11) is 0. The van der Waals surface area contributed by atoms with E-state index in [2.05, 4.69) is 31.4 Å². The van der Waals surface area contributed by atoms with Crippen molar-refractivity contribution >= 4 is 39.3 Å². The maximum Gasteiger partial charge on any atom is 0.277 e. The average molecular weight is 408 g/mol. The minimum absolute atomic E-state index is 0.135. The smallest absolute Gasteiger partial charge is 0.277 e. The molecule has 0 spiro atoms. The third-order valence-corrected chi connectivity index (χ3v) is 4.60. The highest BCUT2D eigenvalue weighted by Crippen LogP contribution is 2.26. The molecule has 1 N–H and O–H groups in total. The summed E-state index contributed by atoms with van der Waals surface area (Å²) in [6, 6.07) is 7.45. The highest BCUT2D eigenvalue weighted by atomic mass is 79.9. The molecule has 0 aliphatic rings. The lowest BCUT2D eigenvalue weighted by atomic mass is 10.2. The normalized spacial score (nSPS) is 10.8. The van der Waals surface area contributed by atoms with Gasteiger partial charge in [0.25, 0.3) is 11.1 Å². The first-order chi connectivity index (χ1) is 11.5. The quantitative estimate of drug-likeness (QED) is 0.629. The maximum atomic E-state index is 12.1. The van der Waals surface area contributed by atoms with Crippen LogP contribution in [0.2, 0.25) is 0 Å². The molecule has 0 saturated carbocycles. The van der Waals surface area contributed by atoms with Crippen molar-refractivity contribution in [2.45, 2.75) is 19.1 Å². The Hall–Kier alpha value is -2.06. The Morgan fingerprint density at radius 2 is 2.12 bits per heavy atom. The molecule has 3 rings (SSSR count). The van der Waals surface area contributed by atoms with E-state index in [4.69, 9.17) is 8.83 Å². The second kappa shape index (κ2) is 7.23. The molecule has 124 valence electrons. The maximum absolute atomic E-state index is 12.1. The SMILES string of the molecule is Cc1cc(Br)ccc1NC(=O)CSc1nnc(-c2ccoc2C)o1. The zero-order valence-electron chi connectivity index (χ0n) is 13.0. The highest BCUT2D eigenvalue weighted by Gasteiger charge is 2.14. The fourth-order valence-corrected chi connectivity index (χ4v) is 3.10. The van der Waals surface area contributed by atoms with Crippen LogP contribution < -0.4 is 5.32 Å². The number of benzene rings is 1. The van der Waals surface area contributed by atoms with Crippen molar-refractivity contribution in [2.24, 2.45) is 0 Å². The van der Waals surface area contributed by atoms with Gasteiger partial charge in [-0.2, -0.15) is 0 Å². The van der Waals surface area contributed by atoms with E-state index in [0.29, 0.717) is 16.9 Å². The topological polar surface area (TPSA) is 81.2 Å². The Bertz CT molecular complexity index is 875. The Morgan fingerprint density at radius 1 is 1.29 bits per heavy atom. The molecule has 0 fully saturated rings. The van der Waals surface area contributed by atoms with Crippen molar-refractivity contribution in [3.63, 3.8) is 0 Å². The zero-order chi connectivity index (χ0) is 17.1. The van der Waals surface area contributed by atoms with Crippen LogP contribution >= 0.6 is 27.7 Å². The number of carbonyl (C=O) groups excluding carboxylic acids is 1. The number of rotatable bonds is 5. The molecule has 0 atom stereocenters. The van der Waals surface area contributed by atoms with Gasteiger partial charge in [-0.05, 0) is 43.7 Å². The van der Waals surface area contributed by atoms with Gasteiger partial charge in [-0.25, -0.2) is 0 Å². The average Bonchev–Trinajstić information content (AvgIpc) is 3.16. The van der Waals surface area contributed by atoms with E-state index >= 15 is 0 Å². The van der Waals surface area contributed by atoms with E-state index in [1.165, 1.54) is 11.8 Å². The number of aromatic nitrogens is 2. The molecule has 24 heavy (non-hydrogen) atoms. The first-order valence-electron chi connectivity index (χ1n) is 7.09. The molecule has 1 amide bonds. The first-order valence-corrected chi connectivity index (χ1v) is 8.87. The van der Waals surface area contributed by atoms with E-state index in [-0.39, 0.29) is 11.7 Å². The first kappa shape index (κ1) is 16.8. The molecular weight excluding hydrogens is 394 g/mol. The fourth-order valence-electron chi connectivity index (χ4n) is 2.06. The summed E-state index contributed by atoms with van der Waals surface area (Å²) in [5.74, 6) is 1.14. The lowest BCUT2D eigenvalue weighted by Gasteiger charge is -2.07. The number of aryl methyl sites for hydroxylation is 2. The van der Waals surface area contributed by atoms with Crippen molar-refractivity contribution in [1.29, 1.82) is 0 Å². The summed E-state index contributed by atoms with van der Waals surface area (Å²) < 4.78 is 11.7. The molecule has 0 bridgehead atoms. The summed E-state index contributed by atoms with van der Waals surface area (Å²) in [5.41, 5.74) is 2.52. The molecular formula is C16H14BrN3O3S. The summed E-state index contributed by atoms with van der Waals surface area (Å²) in [5, 5.41) is 11.1. The van der Waals surface area contributed by atoms with Crippen molar-refractivity contribution in [3.05, 3.63) is 46.3 Å². The molecule has 0 aliphatic heterocycles. The lowest BCUT2D eigenvalue weighted by Crippen LogP contribution is -2.14. The molecule has 3 aromatic rings. The zero-order valence-corrected chi connectivity index (χ0v) is 15.4. The highest BCUT2D eigenvalue weighted by molar-refractivity contribution is 9.10. The summed E-state index contributed by atoms with van der Waals surface area (Å²) >= 11 is 4.58. The van der Waals surface area contributed by atoms with Crippen LogP contribution in [0.4, 0.5) is 5.69 Å². The van der Waals surface area contributed by atoms with Crippen molar-refractivity contribution in [1.82, 2.24) is 10.2 Å². The van der Waals surface area contributed by atoms with Crippen LogP contribution in [-0.4, -0.2) is 21.9 Å². The molecule has 1 aromatic carbocycles. The van der Waals surface area contributed by atoms with Gasteiger partial charge in [0.2, 0.25) is 5.91 Å². The van der Waals surface area contributed by atoms with Gasteiger partial charge in [0.1, 0.15) is 5.76 Å². The second-order valence-electron chi connectivity index (χ2n) is 5.06. The van der Waals surface area contributed by atoms with Gasteiger partial charge in [-0.3, -0.25) is 4.79 Å². The molecule has 2 aromatic heterocycles. The van der Waals surface area contributed by atoms with Crippen molar-refractivity contribution in [2.75, 3.05) is 11.1 Å². The van der Waals surface area contributed by atoms with Gasteiger partial charge in [-0.15, -0.1) is 10.2 Å². The number of hydrogen-bond donors (Lipinski definition) is 1. The molecule has 0 radical (unpaired) electrons. The van der Waals surface area contributed by atoms with Crippen LogP contribution in [0.1, 0.15) is 11.3 Å². The van der Waals surface area contributed by atoms with E-state index < -0.39 is 0 Å². The van der Waals surface area contributed by atoms with Crippen LogP contribution in [0.5, 0.6) is 0 Å². The molecule has 8 heteroatoms. The number of halogens is 1. The number of furan rings is 1. The van der Waals surface area contributed by atoms with Gasteiger partial charge in [0.15, 0.2) is 0 Å². The van der Waals surface area contributed by atoms with Gasteiger partial charge in [0, 0.05) is 10.2 Å². The van der Waals surface area contributed by atoms with E-state index in [9.17, 15) is 4.79 Å². The van der Waals surface area contributed by atoms with Gasteiger partial charge in [-0.1, -0.05) is 27.7 Å². The third kappa shape index (κ3) is 3.88. The number of anilines is 1. The third-order valence-electron chi connectivity index (χ3n) is 3.28. The van der Waals surface area contributed by atoms with Gasteiger partial charge < -0.3 is 14.2 Å². The Kier molecular flexibility index (Phi) is 5.06. The van der Waals surface area contributed by atoms with Crippen molar-refractivity contribution in [3.8, 4) is 11.5 Å².